The van der Waals surface area contributed by atoms with Gasteiger partial charge in [-0.05, 0) is 32.0 Å². The van der Waals surface area contributed by atoms with E-state index in [1.165, 1.54) is 29.4 Å². The van der Waals surface area contributed by atoms with E-state index in [1.54, 1.807) is 19.9 Å². The standard InChI is InChI=1S/C20H22F3N5O2/c1-20(2,24)9-30-15-4-3-12(21)5-11(15)7-28-14(17(22)23)8-29-16-6-13-18(26-10-25-13)27-19(16)28/h3-6,10,14,17H,7-9,24H2,1-2H3,(H,25,26,27)/t14-/m0/s1. The van der Waals surface area contributed by atoms with Crippen LogP contribution in [0.3, 0.4) is 0 Å². The van der Waals surface area contributed by atoms with Crippen molar-refractivity contribution in [2.75, 3.05) is 18.1 Å². The number of nitrogens with zero attached hydrogens (tertiary/aromatic N) is 3. The van der Waals surface area contributed by atoms with Crippen LogP contribution in [0.15, 0.2) is 30.6 Å². The first-order valence-electron chi connectivity index (χ1n) is 9.43. The van der Waals surface area contributed by atoms with E-state index in [2.05, 4.69) is 15.0 Å². The molecule has 10 heteroatoms. The van der Waals surface area contributed by atoms with Crippen molar-refractivity contribution < 1.29 is 22.6 Å². The van der Waals surface area contributed by atoms with Gasteiger partial charge in [0.2, 0.25) is 0 Å². The van der Waals surface area contributed by atoms with Crippen molar-refractivity contribution >= 4 is 17.0 Å². The molecule has 1 aliphatic rings. The summed E-state index contributed by atoms with van der Waals surface area (Å²) in [5.41, 5.74) is 6.76. The second kappa shape index (κ2) is 7.67. The highest BCUT2D eigenvalue weighted by Crippen LogP contribution is 2.37. The Hall–Kier alpha value is -3.01. The molecule has 4 rings (SSSR count). The number of alkyl halides is 2. The molecule has 7 nitrogen and oxygen atoms in total. The van der Waals surface area contributed by atoms with E-state index in [-0.39, 0.29) is 25.6 Å². The summed E-state index contributed by atoms with van der Waals surface area (Å²) in [5, 5.41) is 0. The van der Waals surface area contributed by atoms with Crippen molar-refractivity contribution in [3.63, 3.8) is 0 Å². The molecule has 3 aromatic rings. The number of aromatic amines is 1. The largest absolute Gasteiger partial charge is 0.491 e. The molecule has 3 heterocycles. The fourth-order valence-electron chi connectivity index (χ4n) is 3.24. The molecule has 0 amide bonds. The molecular weight excluding hydrogens is 399 g/mol. The number of imidazole rings is 1. The summed E-state index contributed by atoms with van der Waals surface area (Å²) in [5.74, 6) is 0.452. The average molecular weight is 421 g/mol. The van der Waals surface area contributed by atoms with Crippen molar-refractivity contribution in [2.45, 2.75) is 38.4 Å². The van der Waals surface area contributed by atoms with Crippen LogP contribution in [0.5, 0.6) is 11.5 Å². The predicted octanol–water partition coefficient (Wildman–Crippen LogP) is 3.25. The van der Waals surface area contributed by atoms with Gasteiger partial charge in [-0.25, -0.2) is 23.1 Å². The summed E-state index contributed by atoms with van der Waals surface area (Å²) in [6.07, 6.45) is -1.23. The molecule has 1 atom stereocenters. The molecule has 0 saturated carbocycles. The Morgan fingerprint density at radius 3 is 2.90 bits per heavy atom. The van der Waals surface area contributed by atoms with Crippen molar-refractivity contribution in [1.29, 1.82) is 0 Å². The molecular formula is C20H22F3N5O2. The normalized spacial score (nSPS) is 16.6. The van der Waals surface area contributed by atoms with Gasteiger partial charge in [0.25, 0.3) is 6.43 Å². The second-order valence-corrected chi connectivity index (χ2v) is 7.95. The minimum absolute atomic E-state index is 0.0455. The Morgan fingerprint density at radius 1 is 1.37 bits per heavy atom. The van der Waals surface area contributed by atoms with Gasteiger partial charge in [-0.2, -0.15) is 0 Å². The molecule has 0 fully saturated rings. The van der Waals surface area contributed by atoms with Crippen LogP contribution >= 0.6 is 0 Å². The lowest BCUT2D eigenvalue weighted by Crippen LogP contribution is -2.47. The number of anilines is 1. The van der Waals surface area contributed by atoms with Gasteiger partial charge >= 0.3 is 0 Å². The van der Waals surface area contributed by atoms with Crippen LogP contribution in [0.1, 0.15) is 19.4 Å². The number of nitrogens with one attached hydrogen (secondary N) is 1. The number of benzene rings is 1. The topological polar surface area (TPSA) is 89.3 Å². The lowest BCUT2D eigenvalue weighted by Gasteiger charge is -2.37. The number of ether oxygens (including phenoxy) is 2. The molecule has 3 N–H and O–H groups in total. The van der Waals surface area contributed by atoms with Crippen LogP contribution in [0.2, 0.25) is 0 Å². The summed E-state index contributed by atoms with van der Waals surface area (Å²) in [6.45, 7) is 3.48. The molecule has 0 saturated heterocycles. The summed E-state index contributed by atoms with van der Waals surface area (Å²) in [4.78, 5) is 12.8. The lowest BCUT2D eigenvalue weighted by atomic mass is 10.1. The van der Waals surface area contributed by atoms with Crippen molar-refractivity contribution in [1.82, 2.24) is 15.0 Å². The quantitative estimate of drug-likeness (QED) is 0.635. The molecule has 160 valence electrons. The maximum Gasteiger partial charge on any atom is 0.261 e. The first-order valence-corrected chi connectivity index (χ1v) is 9.43. The molecule has 1 aromatic carbocycles. The van der Waals surface area contributed by atoms with Crippen molar-refractivity contribution in [3.05, 3.63) is 42.0 Å². The zero-order valence-corrected chi connectivity index (χ0v) is 16.5. The maximum absolute atomic E-state index is 14.0. The van der Waals surface area contributed by atoms with E-state index < -0.39 is 23.8 Å². The number of nitrogens with two attached hydrogens (primary N) is 1. The van der Waals surface area contributed by atoms with Gasteiger partial charge in [0.1, 0.15) is 36.3 Å². The zero-order valence-electron chi connectivity index (χ0n) is 16.5. The number of pyridine rings is 1. The Labute approximate surface area is 171 Å². The molecule has 30 heavy (non-hydrogen) atoms. The molecule has 2 aromatic heterocycles. The first-order chi connectivity index (χ1) is 14.2. The smallest absolute Gasteiger partial charge is 0.261 e. The predicted molar refractivity (Wildman–Crippen MR) is 106 cm³/mol. The van der Waals surface area contributed by atoms with Crippen LogP contribution < -0.4 is 20.1 Å². The van der Waals surface area contributed by atoms with E-state index in [1.807, 2.05) is 0 Å². The molecule has 1 aliphatic heterocycles. The fourth-order valence-corrected chi connectivity index (χ4v) is 3.24. The van der Waals surface area contributed by atoms with Crippen LogP contribution in [0.25, 0.3) is 11.2 Å². The van der Waals surface area contributed by atoms with Gasteiger partial charge in [-0.15, -0.1) is 0 Å². The summed E-state index contributed by atoms with van der Waals surface area (Å²) in [6, 6.07) is 4.38. The number of rotatable bonds is 6. The monoisotopic (exact) mass is 421 g/mol. The minimum atomic E-state index is -2.70. The Bertz CT molecular complexity index is 1050. The number of H-pyrrole nitrogens is 1. The Kier molecular flexibility index (Phi) is 5.19. The summed E-state index contributed by atoms with van der Waals surface area (Å²) in [7, 11) is 0. The van der Waals surface area contributed by atoms with Gasteiger partial charge < -0.3 is 25.1 Å². The first kappa shape index (κ1) is 20.3. The molecule has 0 unspecified atom stereocenters. The third-order valence-corrected chi connectivity index (χ3v) is 4.69. The van der Waals surface area contributed by atoms with Crippen molar-refractivity contribution in [3.8, 4) is 11.5 Å². The van der Waals surface area contributed by atoms with E-state index in [0.717, 1.165) is 0 Å². The van der Waals surface area contributed by atoms with E-state index >= 15 is 0 Å². The van der Waals surface area contributed by atoms with Gasteiger partial charge in [0.15, 0.2) is 17.2 Å². The SMILES string of the molecule is CC(C)(N)COc1ccc(F)cc1CN1c2nc3[nH]cnc3cc2OC[C@H]1C(F)F. The van der Waals surface area contributed by atoms with E-state index in [9.17, 15) is 13.2 Å². The average Bonchev–Trinajstić information content (AvgIpc) is 3.12. The summed E-state index contributed by atoms with van der Waals surface area (Å²) >= 11 is 0. The number of halogens is 3. The second-order valence-electron chi connectivity index (χ2n) is 7.95. The van der Waals surface area contributed by atoms with E-state index in [4.69, 9.17) is 15.2 Å². The highest BCUT2D eigenvalue weighted by atomic mass is 19.3. The molecule has 0 bridgehead atoms. The fraction of sp³-hybridized carbons (Fsp3) is 0.400. The highest BCUT2D eigenvalue weighted by Gasteiger charge is 2.36. The number of fused-ring (bicyclic) bond motifs is 2. The van der Waals surface area contributed by atoms with Gasteiger partial charge in [-0.3, -0.25) is 0 Å². The summed E-state index contributed by atoms with van der Waals surface area (Å²) < 4.78 is 52.9. The lowest BCUT2D eigenvalue weighted by molar-refractivity contribution is 0.0769. The van der Waals surface area contributed by atoms with Crippen LogP contribution in [-0.2, 0) is 6.54 Å². The number of hydrogen-bond donors (Lipinski definition) is 2. The van der Waals surface area contributed by atoms with Crippen LogP contribution in [0, 0.1) is 5.82 Å². The number of hydrogen-bond acceptors (Lipinski definition) is 6. The van der Waals surface area contributed by atoms with E-state index in [0.29, 0.717) is 28.2 Å². The van der Waals surface area contributed by atoms with Gasteiger partial charge in [0.05, 0.1) is 6.33 Å². The van der Waals surface area contributed by atoms with Gasteiger partial charge in [-0.1, -0.05) is 0 Å². The molecule has 0 aliphatic carbocycles. The third-order valence-electron chi connectivity index (χ3n) is 4.69. The van der Waals surface area contributed by atoms with Crippen LogP contribution in [0.4, 0.5) is 19.0 Å². The maximum atomic E-state index is 14.0. The zero-order chi connectivity index (χ0) is 21.5. The van der Waals surface area contributed by atoms with Crippen molar-refractivity contribution in [2.24, 2.45) is 5.73 Å². The Morgan fingerprint density at radius 2 is 2.17 bits per heavy atom. The van der Waals surface area contributed by atoms with Gasteiger partial charge in [0, 0.05) is 23.7 Å². The number of aromatic nitrogens is 3. The highest BCUT2D eigenvalue weighted by molar-refractivity contribution is 5.77. The Balaban J connectivity index is 1.72. The molecule has 0 radical (unpaired) electrons. The third kappa shape index (κ3) is 4.13. The minimum Gasteiger partial charge on any atom is -0.491 e. The molecule has 0 spiro atoms. The van der Waals surface area contributed by atoms with Crippen LogP contribution in [-0.4, -0.2) is 46.2 Å².